The summed E-state index contributed by atoms with van der Waals surface area (Å²) in [5.41, 5.74) is 24.3. The van der Waals surface area contributed by atoms with Crippen LogP contribution in [-0.4, -0.2) is 269 Å². The number of ketones is 3. The third-order valence-corrected chi connectivity index (χ3v) is 23.9. The van der Waals surface area contributed by atoms with E-state index in [2.05, 4.69) is 83.4 Å². The number of nitrogens with zero attached hydrogens (tertiary/aromatic N) is 6. The predicted molar refractivity (Wildman–Crippen MR) is 478 cm³/mol. The van der Waals surface area contributed by atoms with Crippen molar-refractivity contribution >= 4 is 109 Å². The van der Waals surface area contributed by atoms with Gasteiger partial charge in [0.2, 0.25) is 59.1 Å². The third-order valence-electron chi connectivity index (χ3n) is 22.2. The van der Waals surface area contributed by atoms with Crippen LogP contribution in [0.3, 0.4) is 0 Å². The van der Waals surface area contributed by atoms with Gasteiger partial charge in [0, 0.05) is 94.6 Å². The number of tetrazole rings is 1. The predicted octanol–water partition coefficient (Wildman–Crippen LogP) is 1.12. The molecule has 41 heteroatoms. The number of aromatic nitrogens is 5. The Bertz CT molecular complexity index is 4320. The maximum Gasteiger partial charge on any atom is 0.246 e. The fourth-order valence-electron chi connectivity index (χ4n) is 15.2. The van der Waals surface area contributed by atoms with Gasteiger partial charge in [-0.15, -0.1) is 10.2 Å². The van der Waals surface area contributed by atoms with Gasteiger partial charge in [0.25, 0.3) is 0 Å². The van der Waals surface area contributed by atoms with Crippen LogP contribution >= 0.6 is 0 Å². The summed E-state index contributed by atoms with van der Waals surface area (Å²) in [6, 6.07) is 2.84. The Balaban J connectivity index is 1.03. The number of H-pyrrole nitrogens is 2. The highest BCUT2D eigenvalue weighted by Crippen LogP contribution is 2.25. The highest BCUT2D eigenvalue weighted by molar-refractivity contribution is 7.92. The number of amides is 10. The number of aliphatic imine (C=N–C) groups is 2. The lowest BCUT2D eigenvalue weighted by Crippen LogP contribution is -2.61. The summed E-state index contributed by atoms with van der Waals surface area (Å²) in [5.74, 6) is -10.1. The maximum atomic E-state index is 15.3. The number of para-hydroxylation sites is 1. The smallest absolute Gasteiger partial charge is 0.246 e. The van der Waals surface area contributed by atoms with Crippen molar-refractivity contribution < 1.29 is 90.4 Å². The minimum Gasteiger partial charge on any atom is -0.394 e. The number of aliphatic hydroxyl groups is 2. The molecule has 6 rings (SSSR count). The Morgan fingerprint density at radius 2 is 1.23 bits per heavy atom. The van der Waals surface area contributed by atoms with Gasteiger partial charge in [-0.1, -0.05) is 157 Å². The van der Waals surface area contributed by atoms with Crippen molar-refractivity contribution in [2.75, 3.05) is 70.7 Å². The molecular formula is C87H137N21O19S. The number of sulfone groups is 1. The second-order valence-electron chi connectivity index (χ2n) is 32.9. The molecule has 2 saturated heterocycles. The van der Waals surface area contributed by atoms with E-state index in [1.165, 1.54) is 45.4 Å². The van der Waals surface area contributed by atoms with Crippen LogP contribution in [0.2, 0.25) is 0 Å². The van der Waals surface area contributed by atoms with E-state index in [0.717, 1.165) is 66.6 Å². The molecule has 2 aliphatic heterocycles. The number of nitrogens with one attached hydrogen (secondary N) is 11. The summed E-state index contributed by atoms with van der Waals surface area (Å²) >= 11 is 0. The van der Waals surface area contributed by atoms with Gasteiger partial charge >= 0.3 is 0 Å². The molecule has 10 amide bonds. The number of hydrogen-bond donors (Lipinski definition) is 17. The van der Waals surface area contributed by atoms with Gasteiger partial charge < -0.3 is 100 Å². The lowest BCUT2D eigenvalue weighted by molar-refractivity contribution is -0.143. The number of guanidine groups is 2. The molecule has 0 unspecified atom stereocenters. The van der Waals surface area contributed by atoms with Gasteiger partial charge in [0.05, 0.1) is 44.3 Å². The van der Waals surface area contributed by atoms with E-state index in [4.69, 9.17) is 32.4 Å². The average molecular weight is 1810 g/mol. The SMILES string of the molecule is CCCC[C@H](NC(=O)[C@H](CO)NC(=O)[C@H](CCCN=C(N)N)NC(=O)COCCOCCNC(=O)CCCS(=O)(=O)CC(=O)CCCCCCCCCCCCCCCc1nn[nH]n1)C(=O)N[C@H]1CCC(=O)CCCCC[C@@H](C(C)=O)NC(=O)[C@H](Cc2c[nH]c3ccccc23)NC(=O)[C@H](CCCN=C(N)N)NC(=O)[C@@H](Cc2ccccc2)NC(=O)[C@@H]2C[C@@H](O)CN2C1=O. The molecule has 2 aromatic heterocycles. The van der Waals surface area contributed by atoms with Crippen LogP contribution in [0, 0.1) is 0 Å². The molecule has 2 fully saturated rings. The monoisotopic (exact) mass is 1810 g/mol. The standard InChI is InChI=1S/C87H137N21O19S/c1-3-4-34-68(99-83(121)73(55-109)103-78(116)67(37-26-43-93-86(88)89)96-77(115)56-127-48-47-126-46-45-92-76(114)40-28-49-128(124,125)57-62(112)32-20-14-12-10-8-6-5-7-9-11-13-15-23-39-75-104-106-107-105-75)79(117)100-70-42-41-61(111)31-21-17-22-35-65(58(2)110)97-82(120)72(51-60-53-95-66-36-25-24-33-64(60)66)101-80(118)69(38-27-44-94-87(90)91)98-81(119)71(50-59-29-18-16-19-30-59)102-84(122)74-52-63(113)54-108(74)85(70)123/h16,18-19,24-25,29-30,33,36,53,63,65,67-74,95,109,113H,3-15,17,20-23,26-28,31-32,34-35,37-52,54-57H2,1-2H3,(H,92,114)(H,96,115)(H,97,120)(H,98,119)(H,99,121)(H,100,117)(H,101,118)(H,102,122)(H,103,116)(H4,88,89,93)(H4,90,91,94)(H,104,105,106,107)/t63-,65+,67+,68+,69+,70+,71-,72+,73+,74+/m1/s1. The van der Waals surface area contributed by atoms with Crippen molar-refractivity contribution in [3.63, 3.8) is 0 Å². The van der Waals surface area contributed by atoms with Crippen LogP contribution in [-0.2, 0) is 101 Å². The van der Waals surface area contributed by atoms with E-state index in [0.29, 0.717) is 49.7 Å². The summed E-state index contributed by atoms with van der Waals surface area (Å²) in [6.07, 6.45) is 16.2. The molecule has 0 spiro atoms. The van der Waals surface area contributed by atoms with Crippen LogP contribution in [0.4, 0.5) is 0 Å². The number of nitrogens with two attached hydrogens (primary N) is 4. The Labute approximate surface area is 748 Å². The van der Waals surface area contributed by atoms with E-state index in [1.807, 2.05) is 24.3 Å². The molecule has 0 bridgehead atoms. The molecule has 40 nitrogen and oxygen atoms in total. The van der Waals surface area contributed by atoms with Gasteiger partial charge in [0.15, 0.2) is 33.4 Å². The Morgan fingerprint density at radius 1 is 0.625 bits per heavy atom. The van der Waals surface area contributed by atoms with Gasteiger partial charge in [-0.05, 0) is 94.7 Å². The number of unbranched alkanes of at least 4 members (excludes halogenated alkanes) is 13. The molecule has 21 N–H and O–H groups in total. The first-order chi connectivity index (χ1) is 61.5. The number of aromatic amines is 2. The topological polar surface area (TPSA) is 626 Å². The van der Waals surface area contributed by atoms with Crippen molar-refractivity contribution in [3.05, 3.63) is 77.7 Å². The zero-order chi connectivity index (χ0) is 93.0. The first-order valence-electron chi connectivity index (χ1n) is 45.1. The van der Waals surface area contributed by atoms with Crippen LogP contribution in [0.1, 0.15) is 230 Å². The quantitative estimate of drug-likeness (QED) is 0.0167. The summed E-state index contributed by atoms with van der Waals surface area (Å²) in [5, 5.41) is 60.9. The number of carbonyl (C=O) groups excluding carboxylic acids is 13. The zero-order valence-electron chi connectivity index (χ0n) is 74.1. The molecule has 0 saturated carbocycles. The van der Waals surface area contributed by atoms with E-state index >= 15 is 4.79 Å². The van der Waals surface area contributed by atoms with Crippen LogP contribution in [0.25, 0.3) is 10.9 Å². The number of Topliss-reactive ketones (excluding diaryl/α,β-unsaturated/α-hetero) is 3. The molecule has 128 heavy (non-hydrogen) atoms. The number of carbonyl (C=O) groups is 13. The molecule has 4 heterocycles. The van der Waals surface area contributed by atoms with Crippen molar-refractivity contribution in [2.24, 2.45) is 32.9 Å². The van der Waals surface area contributed by atoms with Crippen molar-refractivity contribution in [2.45, 2.75) is 293 Å². The Kier molecular flexibility index (Phi) is 49.0. The van der Waals surface area contributed by atoms with Crippen molar-refractivity contribution in [1.82, 2.24) is 78.4 Å². The van der Waals surface area contributed by atoms with E-state index in [-0.39, 0.29) is 171 Å². The number of fused-ring (bicyclic) bond motifs is 2. The fraction of sp³-hybridized carbons (Fsp3) is 0.655. The first-order valence-corrected chi connectivity index (χ1v) is 46.9. The average Bonchev–Trinajstić information content (AvgIpc) is 1.57. The maximum absolute atomic E-state index is 15.3. The molecule has 0 radical (unpaired) electrons. The number of hydrogen-bond acceptors (Lipinski definition) is 24. The molecule has 2 aliphatic rings. The fourth-order valence-corrected chi connectivity index (χ4v) is 16.5. The van der Waals surface area contributed by atoms with Gasteiger partial charge in [-0.2, -0.15) is 5.21 Å². The molecule has 0 aliphatic carbocycles. The van der Waals surface area contributed by atoms with Crippen LogP contribution < -0.4 is 70.8 Å². The van der Waals surface area contributed by atoms with Crippen LogP contribution in [0.15, 0.2) is 70.8 Å². The Hall–Kier alpha value is -10.9. The number of aryl methyl sites for hydroxylation is 1. The lowest BCUT2D eigenvalue weighted by Gasteiger charge is -2.31. The molecule has 10 atom stereocenters. The number of ether oxygens (including phenoxy) is 2. The van der Waals surface area contributed by atoms with E-state index in [1.54, 1.807) is 43.5 Å². The minimum atomic E-state index is -3.70. The second kappa shape index (κ2) is 59.3. The number of aliphatic hydroxyl groups excluding tert-OH is 2. The normalized spacial score (nSPS) is 19.0. The Morgan fingerprint density at radius 3 is 1.91 bits per heavy atom. The van der Waals surface area contributed by atoms with Gasteiger partial charge in [-0.25, -0.2) is 8.42 Å². The largest absolute Gasteiger partial charge is 0.394 e. The summed E-state index contributed by atoms with van der Waals surface area (Å²) in [6.45, 7) is 1.06. The highest BCUT2D eigenvalue weighted by Gasteiger charge is 2.44. The van der Waals surface area contributed by atoms with Crippen molar-refractivity contribution in [1.29, 1.82) is 0 Å². The summed E-state index contributed by atoms with van der Waals surface area (Å²) in [4.78, 5) is 196. The summed E-state index contributed by atoms with van der Waals surface area (Å²) < 4.78 is 36.4. The van der Waals surface area contributed by atoms with E-state index < -0.39 is 155 Å². The van der Waals surface area contributed by atoms with Gasteiger partial charge in [-0.3, -0.25) is 72.3 Å². The van der Waals surface area contributed by atoms with E-state index in [9.17, 15) is 76.2 Å². The molecule has 2 aromatic carbocycles. The second-order valence-corrected chi connectivity index (χ2v) is 35.1. The molecule has 4 aromatic rings. The zero-order valence-corrected chi connectivity index (χ0v) is 74.9. The summed E-state index contributed by atoms with van der Waals surface area (Å²) in [7, 11) is -3.70. The highest BCUT2D eigenvalue weighted by atomic mass is 32.2. The number of benzene rings is 2. The molecule has 710 valence electrons. The number of rotatable bonds is 54. The van der Waals surface area contributed by atoms with Crippen molar-refractivity contribution in [3.8, 4) is 0 Å². The third kappa shape index (κ3) is 41.5. The lowest BCUT2D eigenvalue weighted by atomic mass is 9.99. The van der Waals surface area contributed by atoms with Crippen LogP contribution in [0.5, 0.6) is 0 Å². The first kappa shape index (κ1) is 106. The minimum absolute atomic E-state index is 0.0160. The van der Waals surface area contributed by atoms with Gasteiger partial charge in [0.1, 0.15) is 72.3 Å². The molecular weight excluding hydrogens is 1680 g/mol.